The molecular weight excluding hydrogens is 286 g/mol. The van der Waals surface area contributed by atoms with Gasteiger partial charge in [-0.2, -0.15) is 0 Å². The highest BCUT2D eigenvalue weighted by Gasteiger charge is 2.17. The van der Waals surface area contributed by atoms with Crippen LogP contribution in [0.4, 0.5) is 16.5 Å². The number of carbonyl (C=O) groups is 1. The Balaban J connectivity index is 2.45. The van der Waals surface area contributed by atoms with Gasteiger partial charge in [0.2, 0.25) is 0 Å². The quantitative estimate of drug-likeness (QED) is 0.672. The van der Waals surface area contributed by atoms with Crippen molar-refractivity contribution in [2.75, 3.05) is 18.2 Å². The van der Waals surface area contributed by atoms with Crippen molar-refractivity contribution < 1.29 is 9.53 Å². The van der Waals surface area contributed by atoms with Crippen LogP contribution < -0.4 is 11.1 Å². The van der Waals surface area contributed by atoms with Gasteiger partial charge in [0.15, 0.2) is 5.13 Å². The molecule has 3 N–H and O–H groups in total. The lowest BCUT2D eigenvalue weighted by molar-refractivity contribution is 0.0602. The number of hydrogen-bond acceptors (Lipinski definition) is 6. The number of nitrogens with two attached hydrogens (primary N) is 1. The van der Waals surface area contributed by atoms with Gasteiger partial charge in [0, 0.05) is 16.8 Å². The minimum absolute atomic E-state index is 0.278. The summed E-state index contributed by atoms with van der Waals surface area (Å²) >= 11 is 7.58. The van der Waals surface area contributed by atoms with Crippen LogP contribution in [0, 0.1) is 6.92 Å². The van der Waals surface area contributed by atoms with Crippen LogP contribution in [0.1, 0.15) is 15.2 Å². The molecule has 0 aliphatic heterocycles. The number of anilines is 3. The van der Waals surface area contributed by atoms with E-state index in [2.05, 4.69) is 10.3 Å². The van der Waals surface area contributed by atoms with Crippen molar-refractivity contribution >= 4 is 45.4 Å². The van der Waals surface area contributed by atoms with Crippen LogP contribution in [0.3, 0.4) is 0 Å². The number of benzene rings is 1. The van der Waals surface area contributed by atoms with Crippen LogP contribution in [0.5, 0.6) is 0 Å². The molecule has 1 aromatic heterocycles. The summed E-state index contributed by atoms with van der Waals surface area (Å²) in [6.07, 6.45) is 1.73. The van der Waals surface area contributed by atoms with Crippen LogP contribution in [0.15, 0.2) is 18.3 Å². The zero-order valence-electron chi connectivity index (χ0n) is 10.4. The second-order valence-electron chi connectivity index (χ2n) is 3.82. The predicted octanol–water partition coefficient (Wildman–Crippen LogP) is 3.22. The summed E-state index contributed by atoms with van der Waals surface area (Å²) < 4.78 is 4.72. The van der Waals surface area contributed by atoms with Crippen molar-refractivity contribution in [3.8, 4) is 0 Å². The van der Waals surface area contributed by atoms with Gasteiger partial charge in [0.25, 0.3) is 0 Å². The van der Waals surface area contributed by atoms with Crippen molar-refractivity contribution in [3.05, 3.63) is 33.8 Å². The molecule has 0 amide bonds. The van der Waals surface area contributed by atoms with Crippen LogP contribution >= 0.6 is 22.9 Å². The van der Waals surface area contributed by atoms with Gasteiger partial charge in [-0.1, -0.05) is 11.6 Å². The fraction of sp³-hybridized carbons (Fsp3) is 0.167. The summed E-state index contributed by atoms with van der Waals surface area (Å²) in [5, 5.41) is 4.01. The molecule has 5 nitrogen and oxygen atoms in total. The summed E-state index contributed by atoms with van der Waals surface area (Å²) in [6.45, 7) is 1.94. The first kappa shape index (κ1) is 13.6. The van der Waals surface area contributed by atoms with E-state index in [0.29, 0.717) is 21.5 Å². The van der Waals surface area contributed by atoms with Crippen LogP contribution in [-0.4, -0.2) is 18.1 Å². The molecule has 1 aromatic carbocycles. The van der Waals surface area contributed by atoms with Crippen molar-refractivity contribution in [2.24, 2.45) is 0 Å². The molecule has 0 fully saturated rings. The number of ether oxygens (including phenoxy) is 1. The van der Waals surface area contributed by atoms with E-state index in [4.69, 9.17) is 22.1 Å². The summed E-state index contributed by atoms with van der Waals surface area (Å²) in [5.74, 6) is -0.509. The van der Waals surface area contributed by atoms with Crippen LogP contribution in [0.2, 0.25) is 5.02 Å². The van der Waals surface area contributed by atoms with Crippen LogP contribution in [0.25, 0.3) is 0 Å². The first-order valence-corrected chi connectivity index (χ1v) is 6.57. The number of hydrogen-bond donors (Lipinski definition) is 2. The number of halogens is 1. The first-order valence-electron chi connectivity index (χ1n) is 5.38. The molecule has 0 spiro atoms. The van der Waals surface area contributed by atoms with Gasteiger partial charge in [-0.05, 0) is 19.1 Å². The van der Waals surface area contributed by atoms with Crippen molar-refractivity contribution in [1.29, 1.82) is 0 Å². The smallest absolute Gasteiger partial charge is 0.340 e. The zero-order chi connectivity index (χ0) is 14.0. The second kappa shape index (κ2) is 5.46. The number of methoxy groups -OCH3 is 1. The molecule has 2 aromatic rings. The Bertz CT molecular complexity index is 627. The van der Waals surface area contributed by atoms with Gasteiger partial charge < -0.3 is 15.8 Å². The van der Waals surface area contributed by atoms with Crippen molar-refractivity contribution in [1.82, 2.24) is 4.98 Å². The monoisotopic (exact) mass is 297 g/mol. The standard InChI is InChI=1S/C12H12ClN3O2S/c1-6-5-15-12(19-6)16-10-8(11(17)18-2)3-7(14)4-9(10)13/h3-5H,14H2,1-2H3,(H,15,16). The highest BCUT2D eigenvalue weighted by atomic mass is 35.5. The van der Waals surface area contributed by atoms with Gasteiger partial charge in [-0.25, -0.2) is 9.78 Å². The van der Waals surface area contributed by atoms with E-state index in [1.54, 1.807) is 12.3 Å². The Hall–Kier alpha value is -1.79. The predicted molar refractivity (Wildman–Crippen MR) is 77.3 cm³/mol. The lowest BCUT2D eigenvalue weighted by Crippen LogP contribution is -2.07. The number of nitrogens with one attached hydrogen (secondary N) is 1. The molecule has 0 saturated heterocycles. The van der Waals surface area contributed by atoms with E-state index in [-0.39, 0.29) is 5.56 Å². The molecule has 0 saturated carbocycles. The minimum atomic E-state index is -0.509. The molecule has 0 aliphatic rings. The molecule has 0 atom stereocenters. The Morgan fingerprint density at radius 2 is 2.26 bits per heavy atom. The van der Waals surface area contributed by atoms with Crippen molar-refractivity contribution in [3.63, 3.8) is 0 Å². The Morgan fingerprint density at radius 1 is 1.53 bits per heavy atom. The maximum absolute atomic E-state index is 11.7. The fourth-order valence-corrected chi connectivity index (χ4v) is 2.49. The Kier molecular flexibility index (Phi) is 3.92. The number of aryl methyl sites for hydroxylation is 1. The Morgan fingerprint density at radius 3 is 2.84 bits per heavy atom. The summed E-state index contributed by atoms with van der Waals surface area (Å²) in [7, 11) is 1.30. The molecule has 0 radical (unpaired) electrons. The number of nitrogens with zero attached hydrogens (tertiary/aromatic N) is 1. The average Bonchev–Trinajstić information content (AvgIpc) is 2.77. The highest BCUT2D eigenvalue weighted by Crippen LogP contribution is 2.33. The third-order valence-electron chi connectivity index (χ3n) is 2.37. The van der Waals surface area contributed by atoms with E-state index >= 15 is 0 Å². The number of thiazole rings is 1. The lowest BCUT2D eigenvalue weighted by atomic mass is 10.1. The van der Waals surface area contributed by atoms with Crippen LogP contribution in [-0.2, 0) is 4.74 Å². The van der Waals surface area contributed by atoms with E-state index in [0.717, 1.165) is 4.88 Å². The van der Waals surface area contributed by atoms with Gasteiger partial charge >= 0.3 is 5.97 Å². The van der Waals surface area contributed by atoms with Gasteiger partial charge in [-0.3, -0.25) is 0 Å². The molecule has 19 heavy (non-hydrogen) atoms. The second-order valence-corrected chi connectivity index (χ2v) is 5.46. The van der Waals surface area contributed by atoms with E-state index in [1.165, 1.54) is 24.5 Å². The largest absolute Gasteiger partial charge is 0.465 e. The zero-order valence-corrected chi connectivity index (χ0v) is 11.9. The van der Waals surface area contributed by atoms with Gasteiger partial charge in [0.05, 0.1) is 23.4 Å². The molecule has 0 bridgehead atoms. The van der Waals surface area contributed by atoms with E-state index in [9.17, 15) is 4.79 Å². The third-order valence-corrected chi connectivity index (χ3v) is 3.50. The summed E-state index contributed by atoms with van der Waals surface area (Å²) in [4.78, 5) is 17.0. The Labute approximate surface area is 119 Å². The number of nitrogen functional groups attached to an aromatic ring is 1. The third kappa shape index (κ3) is 2.97. The number of carbonyl (C=O) groups excluding carboxylic acids is 1. The average molecular weight is 298 g/mol. The van der Waals surface area contributed by atoms with E-state index < -0.39 is 5.97 Å². The maximum atomic E-state index is 11.7. The van der Waals surface area contributed by atoms with E-state index in [1.807, 2.05) is 6.92 Å². The number of esters is 1. The fourth-order valence-electron chi connectivity index (χ4n) is 1.55. The lowest BCUT2D eigenvalue weighted by Gasteiger charge is -2.11. The first-order chi connectivity index (χ1) is 9.01. The van der Waals surface area contributed by atoms with Gasteiger partial charge in [0.1, 0.15) is 0 Å². The summed E-state index contributed by atoms with van der Waals surface area (Å²) in [5.41, 5.74) is 6.80. The molecule has 2 rings (SSSR count). The normalized spacial score (nSPS) is 10.3. The topological polar surface area (TPSA) is 77.2 Å². The molecule has 0 aliphatic carbocycles. The number of aromatic nitrogens is 1. The molecule has 7 heteroatoms. The minimum Gasteiger partial charge on any atom is -0.465 e. The molecular formula is C12H12ClN3O2S. The van der Waals surface area contributed by atoms with Crippen molar-refractivity contribution in [2.45, 2.75) is 6.92 Å². The maximum Gasteiger partial charge on any atom is 0.340 e. The highest BCUT2D eigenvalue weighted by molar-refractivity contribution is 7.15. The SMILES string of the molecule is COC(=O)c1cc(N)cc(Cl)c1Nc1ncc(C)s1. The van der Waals surface area contributed by atoms with Gasteiger partial charge in [-0.15, -0.1) is 11.3 Å². The molecule has 100 valence electrons. The molecule has 0 unspecified atom stereocenters. The number of rotatable bonds is 3. The summed E-state index contributed by atoms with van der Waals surface area (Å²) in [6, 6.07) is 3.08. The molecule has 1 heterocycles.